The minimum atomic E-state index is -0.998. The van der Waals surface area contributed by atoms with E-state index in [1.165, 1.54) is 4.90 Å². The number of para-hydroxylation sites is 1. The summed E-state index contributed by atoms with van der Waals surface area (Å²) in [7, 11) is 0. The van der Waals surface area contributed by atoms with E-state index in [4.69, 9.17) is 0 Å². The highest BCUT2D eigenvalue weighted by Gasteiger charge is 2.35. The molecule has 0 aliphatic carbocycles. The first-order valence-corrected chi connectivity index (χ1v) is 9.52. The molecule has 144 valence electrons. The normalized spacial score (nSPS) is 18.4. The van der Waals surface area contributed by atoms with Crippen molar-refractivity contribution in [2.24, 2.45) is 0 Å². The molecular weight excluding hydrogens is 356 g/mol. The third kappa shape index (κ3) is 3.38. The van der Waals surface area contributed by atoms with Gasteiger partial charge in [0.2, 0.25) is 11.8 Å². The number of fused-ring (bicyclic) bond motifs is 2. The fourth-order valence-corrected chi connectivity index (χ4v) is 4.10. The monoisotopic (exact) mass is 378 g/mol. The molecule has 2 aliphatic heterocycles. The molecule has 6 heteroatoms. The van der Waals surface area contributed by atoms with Gasteiger partial charge in [-0.15, -0.1) is 0 Å². The summed E-state index contributed by atoms with van der Waals surface area (Å²) in [6, 6.07) is 14.5. The predicted molar refractivity (Wildman–Crippen MR) is 104 cm³/mol. The van der Waals surface area contributed by atoms with Crippen LogP contribution in [0.5, 0.6) is 0 Å². The molecule has 2 aromatic rings. The van der Waals surface area contributed by atoms with Crippen LogP contribution in [-0.4, -0.2) is 40.4 Å². The molecule has 0 bridgehead atoms. The molecule has 1 unspecified atom stereocenters. The summed E-state index contributed by atoms with van der Waals surface area (Å²) in [5.41, 5.74) is 3.90. The average Bonchev–Trinajstić information content (AvgIpc) is 2.71. The SMILES string of the molecule is O=C(O)C1Cc2ccccc2CN1C(=O)CCN1C(=O)CCc2ccccc21. The van der Waals surface area contributed by atoms with Crippen LogP contribution in [0.4, 0.5) is 5.69 Å². The second kappa shape index (κ2) is 7.46. The number of nitrogens with zero attached hydrogens (tertiary/aromatic N) is 2. The zero-order chi connectivity index (χ0) is 19.7. The van der Waals surface area contributed by atoms with E-state index in [1.807, 2.05) is 48.5 Å². The first-order valence-electron chi connectivity index (χ1n) is 9.52. The van der Waals surface area contributed by atoms with Crippen molar-refractivity contribution in [2.45, 2.75) is 38.3 Å². The number of aryl methyl sites for hydroxylation is 1. The van der Waals surface area contributed by atoms with Gasteiger partial charge in [-0.1, -0.05) is 42.5 Å². The fraction of sp³-hybridized carbons (Fsp3) is 0.318. The van der Waals surface area contributed by atoms with Gasteiger partial charge in [-0.05, 0) is 29.2 Å². The van der Waals surface area contributed by atoms with Gasteiger partial charge in [-0.3, -0.25) is 9.59 Å². The summed E-state index contributed by atoms with van der Waals surface area (Å²) >= 11 is 0. The minimum absolute atomic E-state index is 0.00488. The first kappa shape index (κ1) is 18.2. The van der Waals surface area contributed by atoms with Crippen LogP contribution < -0.4 is 4.90 Å². The van der Waals surface area contributed by atoms with Gasteiger partial charge in [-0.25, -0.2) is 4.79 Å². The van der Waals surface area contributed by atoms with Gasteiger partial charge in [0.05, 0.1) is 0 Å². The van der Waals surface area contributed by atoms with Crippen LogP contribution in [0.15, 0.2) is 48.5 Å². The molecule has 2 aliphatic rings. The Labute approximate surface area is 163 Å². The average molecular weight is 378 g/mol. The molecule has 2 aromatic carbocycles. The molecule has 0 spiro atoms. The van der Waals surface area contributed by atoms with Crippen molar-refractivity contribution in [1.82, 2.24) is 4.90 Å². The van der Waals surface area contributed by atoms with Crippen molar-refractivity contribution in [1.29, 1.82) is 0 Å². The maximum atomic E-state index is 12.9. The molecule has 0 aromatic heterocycles. The third-order valence-corrected chi connectivity index (χ3v) is 5.59. The van der Waals surface area contributed by atoms with Crippen molar-refractivity contribution in [2.75, 3.05) is 11.4 Å². The lowest BCUT2D eigenvalue weighted by Crippen LogP contribution is -2.49. The fourth-order valence-electron chi connectivity index (χ4n) is 4.10. The molecule has 2 amide bonds. The second-order valence-electron chi connectivity index (χ2n) is 7.27. The molecule has 2 heterocycles. The number of carbonyl (C=O) groups is 3. The zero-order valence-electron chi connectivity index (χ0n) is 15.5. The highest BCUT2D eigenvalue weighted by molar-refractivity contribution is 5.97. The molecule has 0 saturated heterocycles. The van der Waals surface area contributed by atoms with Gasteiger partial charge < -0.3 is 14.9 Å². The number of carbonyl (C=O) groups excluding carboxylic acids is 2. The summed E-state index contributed by atoms with van der Waals surface area (Å²) in [6.07, 6.45) is 1.55. The molecule has 0 fully saturated rings. The lowest BCUT2D eigenvalue weighted by Gasteiger charge is -2.35. The smallest absolute Gasteiger partial charge is 0.326 e. The largest absolute Gasteiger partial charge is 0.480 e. The van der Waals surface area contributed by atoms with Crippen LogP contribution in [0.2, 0.25) is 0 Å². The van der Waals surface area contributed by atoms with Crippen LogP contribution in [-0.2, 0) is 33.8 Å². The van der Waals surface area contributed by atoms with Crippen molar-refractivity contribution < 1.29 is 19.5 Å². The van der Waals surface area contributed by atoms with E-state index in [0.29, 0.717) is 19.3 Å². The molecule has 1 atom stereocenters. The van der Waals surface area contributed by atoms with Gasteiger partial charge in [-0.2, -0.15) is 0 Å². The van der Waals surface area contributed by atoms with Gasteiger partial charge in [0.25, 0.3) is 0 Å². The number of hydrogen-bond donors (Lipinski definition) is 1. The number of carboxylic acid groups (broad SMARTS) is 1. The van der Waals surface area contributed by atoms with Crippen molar-refractivity contribution >= 4 is 23.5 Å². The minimum Gasteiger partial charge on any atom is -0.480 e. The Bertz CT molecular complexity index is 940. The van der Waals surface area contributed by atoms with E-state index < -0.39 is 12.0 Å². The van der Waals surface area contributed by atoms with Crippen LogP contribution in [0, 0.1) is 0 Å². The Balaban J connectivity index is 1.50. The summed E-state index contributed by atoms with van der Waals surface area (Å²) in [4.78, 5) is 40.1. The Kier molecular flexibility index (Phi) is 4.86. The van der Waals surface area contributed by atoms with Crippen LogP contribution in [0.3, 0.4) is 0 Å². The second-order valence-corrected chi connectivity index (χ2v) is 7.27. The molecule has 28 heavy (non-hydrogen) atoms. The highest BCUT2D eigenvalue weighted by atomic mass is 16.4. The number of anilines is 1. The molecule has 4 rings (SSSR count). The standard InChI is InChI=1S/C22H22N2O4/c25-20-10-9-15-5-3-4-8-18(15)23(20)12-11-21(26)24-14-17-7-2-1-6-16(17)13-19(24)22(27)28/h1-8,19H,9-14H2,(H,27,28). The van der Waals surface area contributed by atoms with E-state index in [-0.39, 0.29) is 31.3 Å². The van der Waals surface area contributed by atoms with Gasteiger partial charge >= 0.3 is 5.97 Å². The number of hydrogen-bond acceptors (Lipinski definition) is 3. The lowest BCUT2D eigenvalue weighted by atomic mass is 9.93. The first-order chi connectivity index (χ1) is 13.5. The van der Waals surface area contributed by atoms with Gasteiger partial charge in [0, 0.05) is 38.0 Å². The molecule has 6 nitrogen and oxygen atoms in total. The molecular formula is C22H22N2O4. The Hall–Kier alpha value is -3.15. The van der Waals surface area contributed by atoms with Gasteiger partial charge in [0.15, 0.2) is 0 Å². The quantitative estimate of drug-likeness (QED) is 0.886. The van der Waals surface area contributed by atoms with E-state index in [9.17, 15) is 19.5 Å². The molecule has 0 saturated carbocycles. The zero-order valence-corrected chi connectivity index (χ0v) is 15.5. The van der Waals surface area contributed by atoms with E-state index in [1.54, 1.807) is 4.90 Å². The number of aliphatic carboxylic acids is 1. The lowest BCUT2D eigenvalue weighted by molar-refractivity contribution is -0.151. The molecule has 0 radical (unpaired) electrons. The maximum absolute atomic E-state index is 12.9. The summed E-state index contributed by atoms with van der Waals surface area (Å²) < 4.78 is 0. The molecule has 1 N–H and O–H groups in total. The summed E-state index contributed by atoms with van der Waals surface area (Å²) in [5.74, 6) is -1.23. The summed E-state index contributed by atoms with van der Waals surface area (Å²) in [5, 5.41) is 9.61. The van der Waals surface area contributed by atoms with Crippen molar-refractivity contribution in [3.8, 4) is 0 Å². The Morgan fingerprint density at radius 3 is 2.39 bits per heavy atom. The van der Waals surface area contributed by atoms with Crippen molar-refractivity contribution in [3.05, 3.63) is 65.2 Å². The Morgan fingerprint density at radius 2 is 1.64 bits per heavy atom. The number of amides is 2. The van der Waals surface area contributed by atoms with E-state index >= 15 is 0 Å². The number of rotatable bonds is 4. The Morgan fingerprint density at radius 1 is 0.964 bits per heavy atom. The van der Waals surface area contributed by atoms with Gasteiger partial charge in [0.1, 0.15) is 6.04 Å². The van der Waals surface area contributed by atoms with Crippen LogP contribution in [0.1, 0.15) is 29.5 Å². The topological polar surface area (TPSA) is 77.9 Å². The maximum Gasteiger partial charge on any atom is 0.326 e. The van der Waals surface area contributed by atoms with Crippen molar-refractivity contribution in [3.63, 3.8) is 0 Å². The third-order valence-electron chi connectivity index (χ3n) is 5.59. The van der Waals surface area contributed by atoms with Crippen LogP contribution >= 0.6 is 0 Å². The van der Waals surface area contributed by atoms with E-state index in [2.05, 4.69) is 0 Å². The van der Waals surface area contributed by atoms with Crippen LogP contribution in [0.25, 0.3) is 0 Å². The predicted octanol–water partition coefficient (Wildman–Crippen LogP) is 2.39. The number of carboxylic acids is 1. The highest BCUT2D eigenvalue weighted by Crippen LogP contribution is 2.28. The summed E-state index contributed by atoms with van der Waals surface area (Å²) in [6.45, 7) is 0.551. The number of benzene rings is 2. The van der Waals surface area contributed by atoms with E-state index in [0.717, 1.165) is 22.4 Å².